The number of rotatable bonds is 4. The van der Waals surface area contributed by atoms with Crippen LogP contribution in [0.4, 0.5) is 0 Å². The molecule has 4 nitrogen and oxygen atoms in total. The minimum Gasteiger partial charge on any atom is -0.543 e. The second-order valence-electron chi connectivity index (χ2n) is 4.72. The van der Waals surface area contributed by atoms with Gasteiger partial charge in [-0.05, 0) is 42.8 Å². The van der Waals surface area contributed by atoms with Crippen LogP contribution in [0, 0.1) is 6.92 Å². The predicted octanol–water partition coefficient (Wildman–Crippen LogP) is 2.17. The Morgan fingerprint density at radius 2 is 1.82 bits per heavy atom. The molecule has 22 heavy (non-hydrogen) atoms. The SMILES string of the molecule is Cc1cccc(C(=O)N/C(=C/c2ccc(Cl)cc2)C(=O)[O-])c1. The van der Waals surface area contributed by atoms with Crippen LogP contribution in [0.3, 0.4) is 0 Å². The minimum absolute atomic E-state index is 0.311. The average Bonchev–Trinajstić information content (AvgIpc) is 2.48. The van der Waals surface area contributed by atoms with E-state index < -0.39 is 11.9 Å². The molecule has 0 atom stereocenters. The maximum Gasteiger partial charge on any atom is 0.255 e. The number of carboxylic acids is 1. The van der Waals surface area contributed by atoms with Gasteiger partial charge in [0.15, 0.2) is 0 Å². The van der Waals surface area contributed by atoms with Gasteiger partial charge in [-0.25, -0.2) is 0 Å². The Kier molecular flexibility index (Phi) is 4.96. The number of aryl methyl sites for hydroxylation is 1. The topological polar surface area (TPSA) is 69.2 Å². The lowest BCUT2D eigenvalue weighted by molar-refractivity contribution is -0.299. The molecule has 0 spiro atoms. The molecule has 1 amide bonds. The van der Waals surface area contributed by atoms with E-state index in [1.54, 1.807) is 42.5 Å². The molecule has 0 aliphatic rings. The molecule has 5 heteroatoms. The van der Waals surface area contributed by atoms with Crippen LogP contribution in [0.25, 0.3) is 6.08 Å². The minimum atomic E-state index is -1.46. The molecule has 0 fully saturated rings. The van der Waals surface area contributed by atoms with Gasteiger partial charge in [0.05, 0.1) is 11.7 Å². The number of nitrogens with one attached hydrogen (secondary N) is 1. The smallest absolute Gasteiger partial charge is 0.255 e. The summed E-state index contributed by atoms with van der Waals surface area (Å²) in [5.74, 6) is -1.97. The van der Waals surface area contributed by atoms with Crippen molar-refractivity contribution in [3.8, 4) is 0 Å². The number of carbonyl (C=O) groups is 2. The van der Waals surface area contributed by atoms with Crippen LogP contribution in [0.15, 0.2) is 54.2 Å². The Morgan fingerprint density at radius 1 is 1.14 bits per heavy atom. The highest BCUT2D eigenvalue weighted by molar-refractivity contribution is 6.30. The highest BCUT2D eigenvalue weighted by atomic mass is 35.5. The summed E-state index contributed by atoms with van der Waals surface area (Å²) in [6.45, 7) is 1.85. The molecule has 2 aromatic carbocycles. The van der Waals surface area contributed by atoms with Crippen molar-refractivity contribution in [2.75, 3.05) is 0 Å². The number of aliphatic carboxylic acids is 1. The van der Waals surface area contributed by atoms with Gasteiger partial charge < -0.3 is 15.2 Å². The summed E-state index contributed by atoms with van der Waals surface area (Å²) in [6.07, 6.45) is 1.32. The van der Waals surface area contributed by atoms with Gasteiger partial charge in [-0.3, -0.25) is 4.79 Å². The zero-order valence-corrected chi connectivity index (χ0v) is 12.6. The zero-order valence-electron chi connectivity index (χ0n) is 11.8. The van der Waals surface area contributed by atoms with Gasteiger partial charge in [0.2, 0.25) is 0 Å². The molecule has 0 radical (unpaired) electrons. The van der Waals surface area contributed by atoms with Crippen molar-refractivity contribution >= 4 is 29.6 Å². The molecule has 112 valence electrons. The molecule has 0 heterocycles. The van der Waals surface area contributed by atoms with E-state index in [2.05, 4.69) is 5.32 Å². The number of amides is 1. The second-order valence-corrected chi connectivity index (χ2v) is 5.16. The fourth-order valence-electron chi connectivity index (χ4n) is 1.85. The van der Waals surface area contributed by atoms with Gasteiger partial charge in [0, 0.05) is 10.6 Å². The highest BCUT2D eigenvalue weighted by Gasteiger charge is 2.09. The zero-order chi connectivity index (χ0) is 16.1. The lowest BCUT2D eigenvalue weighted by Crippen LogP contribution is -2.35. The van der Waals surface area contributed by atoms with Gasteiger partial charge in [-0.2, -0.15) is 0 Å². The van der Waals surface area contributed by atoms with Crippen molar-refractivity contribution in [1.29, 1.82) is 0 Å². The van der Waals surface area contributed by atoms with E-state index in [0.29, 0.717) is 16.1 Å². The first kappa shape index (κ1) is 15.8. The quantitative estimate of drug-likeness (QED) is 0.879. The van der Waals surface area contributed by atoms with Crippen molar-refractivity contribution in [3.05, 3.63) is 75.9 Å². The van der Waals surface area contributed by atoms with Crippen LogP contribution in [-0.2, 0) is 4.79 Å². The summed E-state index contributed by atoms with van der Waals surface area (Å²) in [7, 11) is 0. The van der Waals surface area contributed by atoms with Gasteiger partial charge in [0.25, 0.3) is 5.91 Å². The molecule has 0 unspecified atom stereocenters. The lowest BCUT2D eigenvalue weighted by Gasteiger charge is -2.11. The molecule has 0 bridgehead atoms. The van der Waals surface area contributed by atoms with Crippen LogP contribution < -0.4 is 10.4 Å². The third-order valence-electron chi connectivity index (χ3n) is 2.93. The van der Waals surface area contributed by atoms with E-state index in [1.165, 1.54) is 6.08 Å². The summed E-state index contributed by atoms with van der Waals surface area (Å²) in [5.41, 5.74) is 1.56. The monoisotopic (exact) mass is 314 g/mol. The molecule has 0 saturated heterocycles. The fraction of sp³-hybridized carbons (Fsp3) is 0.0588. The Hall–Kier alpha value is -2.59. The molecule has 0 aliphatic heterocycles. The van der Waals surface area contributed by atoms with Crippen LogP contribution in [0.2, 0.25) is 5.02 Å². The van der Waals surface area contributed by atoms with Crippen LogP contribution in [-0.4, -0.2) is 11.9 Å². The second kappa shape index (κ2) is 6.91. The number of hydrogen-bond donors (Lipinski definition) is 1. The van der Waals surface area contributed by atoms with E-state index in [4.69, 9.17) is 11.6 Å². The Balaban J connectivity index is 2.24. The normalized spacial score (nSPS) is 11.1. The fourth-order valence-corrected chi connectivity index (χ4v) is 1.98. The maximum atomic E-state index is 12.1. The first-order valence-corrected chi connectivity index (χ1v) is 6.90. The molecule has 1 N–H and O–H groups in total. The third-order valence-corrected chi connectivity index (χ3v) is 3.18. The number of carboxylic acid groups (broad SMARTS) is 1. The molecule has 0 aromatic heterocycles. The first-order valence-electron chi connectivity index (χ1n) is 6.52. The van der Waals surface area contributed by atoms with Crippen molar-refractivity contribution in [2.24, 2.45) is 0 Å². The Labute approximate surface area is 133 Å². The summed E-state index contributed by atoms with van der Waals surface area (Å²) in [5, 5.41) is 14.1. The highest BCUT2D eigenvalue weighted by Crippen LogP contribution is 2.12. The van der Waals surface area contributed by atoms with Crippen molar-refractivity contribution < 1.29 is 14.7 Å². The summed E-state index contributed by atoms with van der Waals surface area (Å²) in [4.78, 5) is 23.3. The van der Waals surface area contributed by atoms with Gasteiger partial charge in [-0.15, -0.1) is 0 Å². The van der Waals surface area contributed by atoms with Crippen LogP contribution in [0.1, 0.15) is 21.5 Å². The van der Waals surface area contributed by atoms with E-state index in [9.17, 15) is 14.7 Å². The van der Waals surface area contributed by atoms with Crippen molar-refractivity contribution in [1.82, 2.24) is 5.32 Å². The molecular formula is C17H13ClNO3-. The summed E-state index contributed by atoms with van der Waals surface area (Å²) >= 11 is 5.77. The van der Waals surface area contributed by atoms with E-state index in [1.807, 2.05) is 13.0 Å². The van der Waals surface area contributed by atoms with Crippen LogP contribution in [0.5, 0.6) is 0 Å². The third kappa shape index (κ3) is 4.20. The molecule has 0 aliphatic carbocycles. The van der Waals surface area contributed by atoms with E-state index in [-0.39, 0.29) is 5.70 Å². The molecular weight excluding hydrogens is 302 g/mol. The molecule has 2 aromatic rings. The van der Waals surface area contributed by atoms with Gasteiger partial charge in [-0.1, -0.05) is 41.4 Å². The first-order chi connectivity index (χ1) is 10.5. The van der Waals surface area contributed by atoms with Crippen molar-refractivity contribution in [2.45, 2.75) is 6.92 Å². The largest absolute Gasteiger partial charge is 0.543 e. The van der Waals surface area contributed by atoms with Crippen LogP contribution >= 0.6 is 11.6 Å². The van der Waals surface area contributed by atoms with E-state index >= 15 is 0 Å². The number of carbonyl (C=O) groups excluding carboxylic acids is 2. The Morgan fingerprint density at radius 3 is 2.41 bits per heavy atom. The maximum absolute atomic E-state index is 12.1. The number of hydrogen-bond acceptors (Lipinski definition) is 3. The van der Waals surface area contributed by atoms with E-state index in [0.717, 1.165) is 5.56 Å². The average molecular weight is 315 g/mol. The van der Waals surface area contributed by atoms with Gasteiger partial charge in [0.1, 0.15) is 0 Å². The lowest BCUT2D eigenvalue weighted by atomic mass is 10.1. The molecule has 2 rings (SSSR count). The predicted molar refractivity (Wildman–Crippen MR) is 83.1 cm³/mol. The standard InChI is InChI=1S/C17H14ClNO3/c1-11-3-2-4-13(9-11)16(20)19-15(17(21)22)10-12-5-7-14(18)8-6-12/h2-10H,1H3,(H,19,20)(H,21,22)/p-1/b15-10+. The number of halogens is 1. The summed E-state index contributed by atoms with van der Waals surface area (Å²) in [6, 6.07) is 13.4. The number of benzene rings is 2. The van der Waals surface area contributed by atoms with Gasteiger partial charge >= 0.3 is 0 Å². The summed E-state index contributed by atoms with van der Waals surface area (Å²) < 4.78 is 0. The Bertz CT molecular complexity index is 736. The van der Waals surface area contributed by atoms with Crippen molar-refractivity contribution in [3.63, 3.8) is 0 Å². The molecule has 0 saturated carbocycles.